The third-order valence-electron chi connectivity index (χ3n) is 0.830. The van der Waals surface area contributed by atoms with E-state index in [4.69, 9.17) is 10.2 Å². The third kappa shape index (κ3) is 2.04. The summed E-state index contributed by atoms with van der Waals surface area (Å²) in [5, 5.41) is 17.3. The Kier molecular flexibility index (Phi) is 2.58. The second-order valence-electron chi connectivity index (χ2n) is 1.52. The summed E-state index contributed by atoms with van der Waals surface area (Å²) in [6, 6.07) is 5.85. The number of hydrogen-bond donors (Lipinski definition) is 2. The van der Waals surface area contributed by atoms with E-state index in [9.17, 15) is 0 Å². The zero-order chi connectivity index (χ0) is 5.98. The number of aromatic hydroxyl groups is 2. The molecule has 1 rings (SSSR count). The van der Waals surface area contributed by atoms with E-state index in [-0.39, 0.29) is 18.9 Å². The number of rotatable bonds is 0. The second-order valence-corrected chi connectivity index (χ2v) is 1.52. The van der Waals surface area contributed by atoms with Gasteiger partial charge in [-0.3, -0.25) is 0 Å². The molecule has 1 aromatic carbocycles. The first-order chi connectivity index (χ1) is 3.79. The Balaban J connectivity index is 0.000000640. The molecule has 0 aromatic heterocycles. The fourth-order valence-electron chi connectivity index (χ4n) is 0.493. The maximum Gasteiger partial charge on any atom is 0.119 e. The van der Waals surface area contributed by atoms with Crippen LogP contribution in [-0.4, -0.2) is 10.2 Å². The van der Waals surface area contributed by atoms with Gasteiger partial charge in [-0.1, -0.05) is 6.07 Å². The van der Waals surface area contributed by atoms with Crippen molar-refractivity contribution in [2.24, 2.45) is 0 Å². The van der Waals surface area contributed by atoms with Crippen LogP contribution in [0.5, 0.6) is 11.5 Å². The van der Waals surface area contributed by atoms with Gasteiger partial charge in [0.15, 0.2) is 0 Å². The largest absolute Gasteiger partial charge is 0.508 e. The second kappa shape index (κ2) is 2.97. The van der Waals surface area contributed by atoms with Crippen LogP contribution in [-0.2, 0) is 0 Å². The maximum absolute atomic E-state index is 8.65. The Bertz CT molecular complexity index is 167. The van der Waals surface area contributed by atoms with Gasteiger partial charge in [0.2, 0.25) is 0 Å². The summed E-state index contributed by atoms with van der Waals surface area (Å²) in [6.45, 7) is 0. The summed E-state index contributed by atoms with van der Waals surface area (Å²) in [7, 11) is 0. The third-order valence-corrected chi connectivity index (χ3v) is 0.830. The van der Waals surface area contributed by atoms with Crippen LogP contribution in [0.1, 0.15) is 0 Å². The summed E-state index contributed by atoms with van der Waals surface area (Å²) >= 11 is 0. The van der Waals surface area contributed by atoms with Gasteiger partial charge in [0.25, 0.3) is 0 Å². The van der Waals surface area contributed by atoms with Gasteiger partial charge in [0.05, 0.1) is 0 Å². The predicted molar refractivity (Wildman–Crippen MR) is 33.0 cm³/mol. The molecule has 0 aliphatic heterocycles. The predicted octanol–water partition coefficient (Wildman–Crippen LogP) is 1.18. The van der Waals surface area contributed by atoms with Gasteiger partial charge in [-0.15, -0.1) is 0 Å². The van der Waals surface area contributed by atoms with Crippen LogP contribution >= 0.6 is 0 Å². The molecule has 0 atom stereocenters. The molecule has 9 heavy (non-hydrogen) atoms. The Morgan fingerprint density at radius 1 is 1.00 bits per heavy atom. The highest BCUT2D eigenvalue weighted by molar-refractivity contribution is 5.30. The molecule has 0 saturated carbocycles. The molecule has 0 bridgehead atoms. The molecule has 46 valence electrons. The lowest BCUT2D eigenvalue weighted by Crippen LogP contribution is -1.61. The zero-order valence-electron chi connectivity index (χ0n) is 4.70. The van der Waals surface area contributed by atoms with Crippen molar-refractivity contribution in [3.63, 3.8) is 0 Å². The maximum atomic E-state index is 8.65. The topological polar surface area (TPSA) is 40.5 Å². The lowest BCUT2D eigenvalue weighted by molar-refractivity contribution is 0.450. The number of phenols is 2. The van der Waals surface area contributed by atoms with Gasteiger partial charge < -0.3 is 10.2 Å². The van der Waals surface area contributed by atoms with Gasteiger partial charge in [0, 0.05) is 13.5 Å². The molecule has 0 unspecified atom stereocenters. The fraction of sp³-hybridized carbons (Fsp3) is 0. The highest BCUT2D eigenvalue weighted by Crippen LogP contribution is 2.14. The van der Waals surface area contributed by atoms with Crippen LogP contribution in [0.3, 0.4) is 0 Å². The molecule has 0 heterocycles. The van der Waals surface area contributed by atoms with Crippen LogP contribution in [0.25, 0.3) is 0 Å². The first-order valence-corrected chi connectivity index (χ1v) is 2.27. The summed E-state index contributed by atoms with van der Waals surface area (Å²) < 4.78 is 0. The van der Waals surface area contributed by atoms with Gasteiger partial charge in [-0.2, -0.15) is 0 Å². The highest BCUT2D eigenvalue weighted by atomic mass is 16.3. The van der Waals surface area contributed by atoms with E-state index >= 15 is 0 Å². The number of phenolic OH excluding ortho intramolecular Hbond substituents is 2. The van der Waals surface area contributed by atoms with Crippen LogP contribution in [0.4, 0.5) is 0 Å². The van der Waals surface area contributed by atoms with Crippen molar-refractivity contribution in [3.8, 4) is 11.5 Å². The van der Waals surface area contributed by atoms with Gasteiger partial charge in [-0.05, 0) is 12.1 Å². The average Bonchev–Trinajstić information content (AvgIpc) is 1.64. The Morgan fingerprint density at radius 2 is 1.44 bits per heavy atom. The Morgan fingerprint density at radius 3 is 1.67 bits per heavy atom. The van der Waals surface area contributed by atoms with Crippen LogP contribution in [0.15, 0.2) is 24.3 Å². The van der Waals surface area contributed by atoms with E-state index < -0.39 is 0 Å². The van der Waals surface area contributed by atoms with Crippen molar-refractivity contribution < 1.29 is 10.2 Å². The van der Waals surface area contributed by atoms with Crippen molar-refractivity contribution in [2.75, 3.05) is 0 Å². The molecule has 4 radical (unpaired) electrons. The minimum atomic E-state index is 0. The van der Waals surface area contributed by atoms with Gasteiger partial charge in [-0.25, -0.2) is 0 Å². The standard InChI is InChI=1S/C6H6O2.C/c7-5-2-1-3-6(8)4-5;/h1-4,7-8H;. The van der Waals surface area contributed by atoms with Gasteiger partial charge in [0.1, 0.15) is 11.5 Å². The fourth-order valence-corrected chi connectivity index (χ4v) is 0.493. The quantitative estimate of drug-likeness (QED) is 0.542. The molecule has 1 aromatic rings. The van der Waals surface area contributed by atoms with E-state index in [1.165, 1.54) is 18.2 Å². The van der Waals surface area contributed by atoms with Crippen molar-refractivity contribution in [1.29, 1.82) is 0 Å². The lowest BCUT2D eigenvalue weighted by Gasteiger charge is -1.89. The smallest absolute Gasteiger partial charge is 0.119 e. The van der Waals surface area contributed by atoms with Crippen LogP contribution in [0, 0.1) is 7.43 Å². The van der Waals surface area contributed by atoms with Crippen LogP contribution < -0.4 is 0 Å². The zero-order valence-corrected chi connectivity index (χ0v) is 4.70. The van der Waals surface area contributed by atoms with Crippen molar-refractivity contribution in [2.45, 2.75) is 0 Å². The molecule has 0 aliphatic carbocycles. The summed E-state index contributed by atoms with van der Waals surface area (Å²) in [5.74, 6) is 0.176. The molecule has 0 aliphatic rings. The summed E-state index contributed by atoms with van der Waals surface area (Å²) in [4.78, 5) is 0. The van der Waals surface area contributed by atoms with Crippen molar-refractivity contribution in [3.05, 3.63) is 31.7 Å². The molecule has 2 N–H and O–H groups in total. The minimum absolute atomic E-state index is 0. The summed E-state index contributed by atoms with van der Waals surface area (Å²) in [6.07, 6.45) is 0. The van der Waals surface area contributed by atoms with Crippen molar-refractivity contribution >= 4 is 0 Å². The first-order valence-electron chi connectivity index (χ1n) is 2.27. The highest BCUT2D eigenvalue weighted by Gasteiger charge is 1.85. The average molecular weight is 122 g/mol. The normalized spacial score (nSPS) is 8.00. The molecule has 2 heteroatoms. The van der Waals surface area contributed by atoms with Crippen molar-refractivity contribution in [1.82, 2.24) is 0 Å². The Hall–Kier alpha value is -1.18. The molecular weight excluding hydrogens is 116 g/mol. The lowest BCUT2D eigenvalue weighted by atomic mass is 10.3. The molecule has 0 amide bonds. The van der Waals surface area contributed by atoms with Crippen LogP contribution in [0.2, 0.25) is 0 Å². The minimum Gasteiger partial charge on any atom is -0.508 e. The molecule has 0 saturated heterocycles. The number of hydrogen-bond acceptors (Lipinski definition) is 2. The van der Waals surface area contributed by atoms with Gasteiger partial charge >= 0.3 is 0 Å². The molecule has 0 fully saturated rings. The van der Waals surface area contributed by atoms with E-state index in [0.717, 1.165) is 0 Å². The SMILES string of the molecule is Oc1cccc(O)c1.[C]. The summed E-state index contributed by atoms with van der Waals surface area (Å²) in [5.41, 5.74) is 0. The first kappa shape index (κ1) is 7.82. The van der Waals surface area contributed by atoms with E-state index in [1.54, 1.807) is 6.07 Å². The molecule has 0 spiro atoms. The van der Waals surface area contributed by atoms with E-state index in [0.29, 0.717) is 0 Å². The molecule has 2 nitrogen and oxygen atoms in total. The number of benzene rings is 1. The van der Waals surface area contributed by atoms with E-state index in [2.05, 4.69) is 0 Å². The Labute approximate surface area is 54.4 Å². The van der Waals surface area contributed by atoms with E-state index in [1.807, 2.05) is 0 Å². The monoisotopic (exact) mass is 122 g/mol. The molecular formula is C7H6O2.